The maximum absolute atomic E-state index is 11.0. The number of carboxylic acid groups (broad SMARTS) is 1. The highest BCUT2D eigenvalue weighted by atomic mass is 35.5. The molecule has 4 nitrogen and oxygen atoms in total. The van der Waals surface area contributed by atoms with Crippen molar-refractivity contribution in [2.24, 2.45) is 5.92 Å². The molecule has 0 saturated heterocycles. The molecule has 2 rings (SSSR count). The van der Waals surface area contributed by atoms with Crippen LogP contribution in [0.5, 0.6) is 5.88 Å². The Morgan fingerprint density at radius 3 is 3.05 bits per heavy atom. The van der Waals surface area contributed by atoms with E-state index in [-0.39, 0.29) is 16.7 Å². The Labute approximate surface area is 117 Å². The lowest BCUT2D eigenvalue weighted by Crippen LogP contribution is -2.25. The molecule has 104 valence electrons. The van der Waals surface area contributed by atoms with Gasteiger partial charge in [-0.25, -0.2) is 9.78 Å². The summed E-state index contributed by atoms with van der Waals surface area (Å²) in [5, 5.41) is 9.14. The molecule has 19 heavy (non-hydrogen) atoms. The first-order chi connectivity index (χ1) is 9.10. The van der Waals surface area contributed by atoms with Crippen molar-refractivity contribution in [2.75, 3.05) is 0 Å². The van der Waals surface area contributed by atoms with E-state index < -0.39 is 5.97 Å². The Morgan fingerprint density at radius 2 is 2.37 bits per heavy atom. The Morgan fingerprint density at radius 1 is 1.58 bits per heavy atom. The third-order valence-corrected chi connectivity index (χ3v) is 3.96. The normalized spacial score (nSPS) is 23.1. The van der Waals surface area contributed by atoms with Crippen LogP contribution in [-0.2, 0) is 0 Å². The molecule has 1 aromatic heterocycles. The first kappa shape index (κ1) is 14.1. The topological polar surface area (TPSA) is 59.4 Å². The molecule has 0 amide bonds. The monoisotopic (exact) mass is 283 g/mol. The van der Waals surface area contributed by atoms with E-state index in [9.17, 15) is 4.79 Å². The number of ether oxygens (including phenoxy) is 1. The van der Waals surface area contributed by atoms with Crippen molar-refractivity contribution >= 4 is 17.6 Å². The van der Waals surface area contributed by atoms with Crippen molar-refractivity contribution in [1.29, 1.82) is 0 Å². The number of hydrogen-bond acceptors (Lipinski definition) is 3. The van der Waals surface area contributed by atoms with Crippen LogP contribution in [0.4, 0.5) is 0 Å². The number of rotatable bonds is 4. The van der Waals surface area contributed by atoms with Crippen LogP contribution in [0.3, 0.4) is 0 Å². The molecule has 0 radical (unpaired) electrons. The molecule has 1 saturated carbocycles. The van der Waals surface area contributed by atoms with E-state index in [1.807, 2.05) is 0 Å². The summed E-state index contributed by atoms with van der Waals surface area (Å²) >= 11 is 5.78. The third kappa shape index (κ3) is 3.60. The van der Waals surface area contributed by atoms with Gasteiger partial charge >= 0.3 is 5.97 Å². The Kier molecular flexibility index (Phi) is 4.64. The lowest BCUT2D eigenvalue weighted by atomic mass is 9.85. The number of pyridine rings is 1. The van der Waals surface area contributed by atoms with Crippen molar-refractivity contribution in [3.05, 3.63) is 22.8 Å². The molecule has 0 spiro atoms. The molecule has 5 heteroatoms. The van der Waals surface area contributed by atoms with Gasteiger partial charge in [-0.1, -0.05) is 31.4 Å². The Hall–Kier alpha value is -1.29. The van der Waals surface area contributed by atoms with E-state index >= 15 is 0 Å². The van der Waals surface area contributed by atoms with Crippen LogP contribution in [-0.4, -0.2) is 22.2 Å². The molecule has 0 bridgehead atoms. The summed E-state index contributed by atoms with van der Waals surface area (Å²) in [6, 6.07) is 1.40. The summed E-state index contributed by atoms with van der Waals surface area (Å²) in [7, 11) is 0. The molecule has 1 aliphatic carbocycles. The van der Waals surface area contributed by atoms with Gasteiger partial charge in [-0.15, -0.1) is 0 Å². The number of aromatic carboxylic acids is 1. The number of halogens is 1. The standard InChI is InChI=1S/C14H18ClNO3/c1-2-9-4-3-5-10(6-9)19-13-7-11(14(17)18)12(15)8-16-13/h7-10H,2-6H2,1H3,(H,17,18). The van der Waals surface area contributed by atoms with Crippen molar-refractivity contribution in [1.82, 2.24) is 4.98 Å². The second kappa shape index (κ2) is 6.24. The predicted molar refractivity (Wildman–Crippen MR) is 72.9 cm³/mol. The average Bonchev–Trinajstić information content (AvgIpc) is 2.41. The van der Waals surface area contributed by atoms with Crippen molar-refractivity contribution in [2.45, 2.75) is 45.1 Å². The van der Waals surface area contributed by atoms with Crippen molar-refractivity contribution in [3.8, 4) is 5.88 Å². The summed E-state index contributed by atoms with van der Waals surface area (Å²) < 4.78 is 5.80. The number of nitrogens with zero attached hydrogens (tertiary/aromatic N) is 1. The van der Waals surface area contributed by atoms with Crippen LogP contribution in [0.15, 0.2) is 12.3 Å². The maximum atomic E-state index is 11.0. The van der Waals surface area contributed by atoms with Gasteiger partial charge in [0.2, 0.25) is 5.88 Å². The lowest BCUT2D eigenvalue weighted by Gasteiger charge is -2.28. The first-order valence-electron chi connectivity index (χ1n) is 6.65. The minimum atomic E-state index is -1.06. The second-order valence-electron chi connectivity index (χ2n) is 4.99. The fourth-order valence-electron chi connectivity index (χ4n) is 2.54. The predicted octanol–water partition coefficient (Wildman–Crippen LogP) is 3.78. The van der Waals surface area contributed by atoms with Gasteiger partial charge in [0, 0.05) is 6.07 Å². The molecule has 1 N–H and O–H groups in total. The quantitative estimate of drug-likeness (QED) is 0.913. The molecule has 2 atom stereocenters. The summed E-state index contributed by atoms with van der Waals surface area (Å²) in [6.45, 7) is 2.19. The minimum absolute atomic E-state index is 0.0366. The highest BCUT2D eigenvalue weighted by Crippen LogP contribution is 2.29. The van der Waals surface area contributed by atoms with E-state index in [1.54, 1.807) is 0 Å². The highest BCUT2D eigenvalue weighted by molar-refractivity contribution is 6.33. The molecular formula is C14H18ClNO3. The molecule has 1 aromatic rings. The van der Waals surface area contributed by atoms with Gasteiger partial charge in [-0.05, 0) is 25.2 Å². The fourth-order valence-corrected chi connectivity index (χ4v) is 2.72. The number of hydrogen-bond donors (Lipinski definition) is 1. The van der Waals surface area contributed by atoms with Gasteiger partial charge in [0.25, 0.3) is 0 Å². The van der Waals surface area contributed by atoms with Gasteiger partial charge in [-0.2, -0.15) is 0 Å². The number of aromatic nitrogens is 1. The lowest BCUT2D eigenvalue weighted by molar-refractivity contribution is 0.0694. The minimum Gasteiger partial charge on any atom is -0.478 e. The third-order valence-electron chi connectivity index (χ3n) is 3.66. The van der Waals surface area contributed by atoms with Gasteiger partial charge in [0.15, 0.2) is 0 Å². The van der Waals surface area contributed by atoms with Crippen LogP contribution >= 0.6 is 11.6 Å². The molecule has 1 fully saturated rings. The number of carbonyl (C=O) groups is 1. The zero-order chi connectivity index (χ0) is 13.8. The maximum Gasteiger partial charge on any atom is 0.337 e. The van der Waals surface area contributed by atoms with E-state index in [0.29, 0.717) is 11.8 Å². The second-order valence-corrected chi connectivity index (χ2v) is 5.40. The average molecular weight is 284 g/mol. The molecule has 0 aromatic carbocycles. The van der Waals surface area contributed by atoms with Crippen LogP contribution in [0.2, 0.25) is 5.02 Å². The molecule has 1 aliphatic rings. The van der Waals surface area contributed by atoms with Crippen LogP contribution in [0.25, 0.3) is 0 Å². The van der Waals surface area contributed by atoms with E-state index in [1.165, 1.54) is 18.7 Å². The van der Waals surface area contributed by atoms with Gasteiger partial charge in [0.05, 0.1) is 16.8 Å². The van der Waals surface area contributed by atoms with Gasteiger partial charge in [0.1, 0.15) is 6.10 Å². The van der Waals surface area contributed by atoms with Crippen LogP contribution in [0.1, 0.15) is 49.4 Å². The summed E-state index contributed by atoms with van der Waals surface area (Å²) in [4.78, 5) is 15.0. The summed E-state index contributed by atoms with van der Waals surface area (Å²) in [6.07, 6.45) is 7.06. The molecule has 2 unspecified atom stereocenters. The van der Waals surface area contributed by atoms with Crippen molar-refractivity contribution < 1.29 is 14.6 Å². The van der Waals surface area contributed by atoms with E-state index in [2.05, 4.69) is 11.9 Å². The fraction of sp³-hybridized carbons (Fsp3) is 0.571. The first-order valence-corrected chi connectivity index (χ1v) is 7.03. The SMILES string of the molecule is CCC1CCCC(Oc2cc(C(=O)O)c(Cl)cn2)C1. The number of carboxylic acids is 1. The van der Waals surface area contributed by atoms with Crippen LogP contribution in [0, 0.1) is 5.92 Å². The Bertz CT molecular complexity index is 464. The van der Waals surface area contributed by atoms with Crippen LogP contribution < -0.4 is 4.74 Å². The Balaban J connectivity index is 2.06. The highest BCUT2D eigenvalue weighted by Gasteiger charge is 2.23. The molecule has 0 aliphatic heterocycles. The summed E-state index contributed by atoms with van der Waals surface area (Å²) in [5.41, 5.74) is 0.0366. The smallest absolute Gasteiger partial charge is 0.337 e. The van der Waals surface area contributed by atoms with Gasteiger partial charge in [-0.3, -0.25) is 0 Å². The van der Waals surface area contributed by atoms with Gasteiger partial charge < -0.3 is 9.84 Å². The zero-order valence-electron chi connectivity index (χ0n) is 10.9. The largest absolute Gasteiger partial charge is 0.478 e. The van der Waals surface area contributed by atoms with Crippen molar-refractivity contribution in [3.63, 3.8) is 0 Å². The van der Waals surface area contributed by atoms with E-state index in [0.717, 1.165) is 25.7 Å². The zero-order valence-corrected chi connectivity index (χ0v) is 11.7. The van der Waals surface area contributed by atoms with E-state index in [4.69, 9.17) is 21.4 Å². The molecule has 1 heterocycles. The summed E-state index contributed by atoms with van der Waals surface area (Å²) in [5.74, 6) is -0.0131. The molecular weight excluding hydrogens is 266 g/mol.